The van der Waals surface area contributed by atoms with Crippen molar-refractivity contribution in [1.82, 2.24) is 0 Å². The Morgan fingerprint density at radius 3 is 2.46 bits per heavy atom. The molecule has 0 fully saturated rings. The summed E-state index contributed by atoms with van der Waals surface area (Å²) in [5.74, 6) is 1.23. The van der Waals surface area contributed by atoms with Crippen LogP contribution in [0.4, 0.5) is 5.69 Å². The molecule has 0 amide bonds. The van der Waals surface area contributed by atoms with Crippen LogP contribution >= 0.6 is 0 Å². The molecule has 7 nitrogen and oxygen atoms in total. The van der Waals surface area contributed by atoms with E-state index in [-0.39, 0.29) is 4.90 Å². The summed E-state index contributed by atoms with van der Waals surface area (Å²) in [6.45, 7) is 2.81. The fourth-order valence-electron chi connectivity index (χ4n) is 2.62. The first kappa shape index (κ1) is 18.1. The van der Waals surface area contributed by atoms with Gasteiger partial charge in [-0.1, -0.05) is 12.1 Å². The van der Waals surface area contributed by atoms with Crippen molar-refractivity contribution in [3.8, 4) is 11.5 Å². The molecule has 1 N–H and O–H groups in total. The highest BCUT2D eigenvalue weighted by atomic mass is 32.2. The molecule has 1 heterocycles. The maximum atomic E-state index is 12.8. The SMILES string of the molecule is COc1cc(NS(=O)(=O)c2cccc(C)c2)c(C2=NCCO2)cc1OC. The molecule has 3 rings (SSSR count). The van der Waals surface area contributed by atoms with E-state index in [2.05, 4.69) is 9.71 Å². The van der Waals surface area contributed by atoms with Crippen LogP contribution in [-0.4, -0.2) is 41.7 Å². The number of anilines is 1. The van der Waals surface area contributed by atoms with Gasteiger partial charge in [0.1, 0.15) is 6.61 Å². The van der Waals surface area contributed by atoms with Crippen LogP contribution in [0.1, 0.15) is 11.1 Å². The van der Waals surface area contributed by atoms with Gasteiger partial charge in [0, 0.05) is 6.07 Å². The largest absolute Gasteiger partial charge is 0.493 e. The molecule has 0 bridgehead atoms. The highest BCUT2D eigenvalue weighted by Crippen LogP contribution is 2.35. The molecule has 1 aliphatic heterocycles. The third-order valence-electron chi connectivity index (χ3n) is 3.88. The Hall–Kier alpha value is -2.74. The molecule has 26 heavy (non-hydrogen) atoms. The Morgan fingerprint density at radius 1 is 1.12 bits per heavy atom. The summed E-state index contributed by atoms with van der Waals surface area (Å²) in [6, 6.07) is 9.89. The monoisotopic (exact) mass is 376 g/mol. The zero-order valence-corrected chi connectivity index (χ0v) is 15.6. The van der Waals surface area contributed by atoms with E-state index >= 15 is 0 Å². The fraction of sp³-hybridized carbons (Fsp3) is 0.278. The topological polar surface area (TPSA) is 86.2 Å². The Bertz CT molecular complexity index is 954. The number of methoxy groups -OCH3 is 2. The van der Waals surface area contributed by atoms with E-state index in [4.69, 9.17) is 14.2 Å². The molecule has 0 aliphatic carbocycles. The quantitative estimate of drug-likeness (QED) is 0.837. The lowest BCUT2D eigenvalue weighted by Crippen LogP contribution is -2.16. The van der Waals surface area contributed by atoms with E-state index in [1.807, 2.05) is 13.0 Å². The normalized spacial score (nSPS) is 13.7. The van der Waals surface area contributed by atoms with Crippen LogP contribution in [-0.2, 0) is 14.8 Å². The Labute approximate surface area is 152 Å². The predicted molar refractivity (Wildman–Crippen MR) is 98.9 cm³/mol. The van der Waals surface area contributed by atoms with E-state index in [0.29, 0.717) is 41.8 Å². The number of nitrogens with zero attached hydrogens (tertiary/aromatic N) is 1. The van der Waals surface area contributed by atoms with E-state index in [0.717, 1.165) is 5.56 Å². The number of ether oxygens (including phenoxy) is 3. The van der Waals surface area contributed by atoms with Crippen molar-refractivity contribution in [2.75, 3.05) is 32.1 Å². The van der Waals surface area contributed by atoms with E-state index in [1.54, 1.807) is 30.3 Å². The molecule has 0 radical (unpaired) electrons. The summed E-state index contributed by atoms with van der Waals surface area (Å²) < 4.78 is 44.3. The van der Waals surface area contributed by atoms with Gasteiger partial charge in [0.2, 0.25) is 5.90 Å². The second kappa shape index (κ2) is 7.25. The Morgan fingerprint density at radius 2 is 1.85 bits per heavy atom. The lowest BCUT2D eigenvalue weighted by Gasteiger charge is -2.16. The summed E-state index contributed by atoms with van der Waals surface area (Å²) >= 11 is 0. The van der Waals surface area contributed by atoms with Crippen molar-refractivity contribution in [3.05, 3.63) is 47.5 Å². The molecule has 8 heteroatoms. The second-order valence-electron chi connectivity index (χ2n) is 5.71. The number of aliphatic imine (C=N–C) groups is 1. The molecule has 0 saturated heterocycles. The Balaban J connectivity index is 2.08. The maximum absolute atomic E-state index is 12.8. The molecule has 1 aliphatic rings. The highest BCUT2D eigenvalue weighted by molar-refractivity contribution is 7.92. The fourth-order valence-corrected chi connectivity index (χ4v) is 3.80. The summed E-state index contributed by atoms with van der Waals surface area (Å²) in [5.41, 5.74) is 1.66. The molecule has 0 unspecified atom stereocenters. The first-order valence-corrected chi connectivity index (χ1v) is 9.46. The summed E-state index contributed by atoms with van der Waals surface area (Å²) in [5, 5.41) is 0. The molecule has 0 aromatic heterocycles. The average Bonchev–Trinajstić information content (AvgIpc) is 3.15. The highest BCUT2D eigenvalue weighted by Gasteiger charge is 2.23. The van der Waals surface area contributed by atoms with Crippen molar-refractivity contribution in [3.63, 3.8) is 0 Å². The van der Waals surface area contributed by atoms with Crippen LogP contribution < -0.4 is 14.2 Å². The minimum Gasteiger partial charge on any atom is -0.493 e. The smallest absolute Gasteiger partial charge is 0.261 e. The van der Waals surface area contributed by atoms with Crippen molar-refractivity contribution >= 4 is 21.6 Å². The van der Waals surface area contributed by atoms with E-state index < -0.39 is 10.0 Å². The number of sulfonamides is 1. The lowest BCUT2D eigenvalue weighted by atomic mass is 10.1. The van der Waals surface area contributed by atoms with Crippen molar-refractivity contribution in [1.29, 1.82) is 0 Å². The van der Waals surface area contributed by atoms with Crippen molar-refractivity contribution in [2.24, 2.45) is 4.99 Å². The van der Waals surface area contributed by atoms with Gasteiger partial charge in [-0.15, -0.1) is 0 Å². The predicted octanol–water partition coefficient (Wildman–Crippen LogP) is 2.59. The zero-order valence-electron chi connectivity index (χ0n) is 14.8. The molecule has 0 saturated carbocycles. The van der Waals surface area contributed by atoms with Gasteiger partial charge in [0.05, 0.1) is 36.9 Å². The molecular formula is C18H20N2O5S. The molecule has 0 atom stereocenters. The average molecular weight is 376 g/mol. The maximum Gasteiger partial charge on any atom is 0.261 e. The van der Waals surface area contributed by atoms with Gasteiger partial charge >= 0.3 is 0 Å². The number of benzene rings is 2. The standard InChI is InChI=1S/C18H20N2O5S/c1-12-5-4-6-13(9-12)26(21,22)20-15-11-17(24-3)16(23-2)10-14(15)18-19-7-8-25-18/h4-6,9-11,20H,7-8H2,1-3H3. The van der Waals surface area contributed by atoms with Crippen LogP contribution in [0.25, 0.3) is 0 Å². The lowest BCUT2D eigenvalue weighted by molar-refractivity contribution is 0.346. The molecule has 2 aromatic rings. The minimum absolute atomic E-state index is 0.174. The van der Waals surface area contributed by atoms with Gasteiger partial charge in [-0.2, -0.15) is 0 Å². The number of rotatable bonds is 6. The van der Waals surface area contributed by atoms with Gasteiger partial charge < -0.3 is 14.2 Å². The molecular weight excluding hydrogens is 356 g/mol. The first-order valence-electron chi connectivity index (χ1n) is 7.98. The third kappa shape index (κ3) is 3.60. The second-order valence-corrected chi connectivity index (χ2v) is 7.39. The minimum atomic E-state index is -3.79. The summed E-state index contributed by atoms with van der Waals surface area (Å²) in [7, 11) is -0.794. The van der Waals surface area contributed by atoms with Gasteiger partial charge in [-0.25, -0.2) is 13.4 Å². The van der Waals surface area contributed by atoms with Gasteiger partial charge in [-0.05, 0) is 30.7 Å². The molecule has 0 spiro atoms. The number of hydrogen-bond donors (Lipinski definition) is 1. The summed E-state index contributed by atoms with van der Waals surface area (Å²) in [4.78, 5) is 4.45. The van der Waals surface area contributed by atoms with Crippen LogP contribution in [0.2, 0.25) is 0 Å². The van der Waals surface area contributed by atoms with E-state index in [1.165, 1.54) is 14.2 Å². The zero-order chi connectivity index (χ0) is 18.7. The van der Waals surface area contributed by atoms with Gasteiger partial charge in [-0.3, -0.25) is 4.72 Å². The molecule has 2 aromatic carbocycles. The van der Waals surface area contributed by atoms with Gasteiger partial charge in [0.25, 0.3) is 10.0 Å². The van der Waals surface area contributed by atoms with Gasteiger partial charge in [0.15, 0.2) is 11.5 Å². The van der Waals surface area contributed by atoms with Crippen LogP contribution in [0.15, 0.2) is 46.3 Å². The molecule has 138 valence electrons. The third-order valence-corrected chi connectivity index (χ3v) is 5.25. The van der Waals surface area contributed by atoms with Crippen molar-refractivity contribution in [2.45, 2.75) is 11.8 Å². The Kier molecular flexibility index (Phi) is 5.03. The van der Waals surface area contributed by atoms with E-state index in [9.17, 15) is 8.42 Å². The number of hydrogen-bond acceptors (Lipinski definition) is 6. The summed E-state index contributed by atoms with van der Waals surface area (Å²) in [6.07, 6.45) is 0. The first-order chi connectivity index (χ1) is 12.4. The van der Waals surface area contributed by atoms with Crippen molar-refractivity contribution < 1.29 is 22.6 Å². The number of aryl methyl sites for hydroxylation is 1. The number of nitrogens with one attached hydrogen (secondary N) is 1. The van der Waals surface area contributed by atoms with Crippen LogP contribution in [0, 0.1) is 6.92 Å². The van der Waals surface area contributed by atoms with Crippen LogP contribution in [0.3, 0.4) is 0 Å². The van der Waals surface area contributed by atoms with Crippen LogP contribution in [0.5, 0.6) is 11.5 Å².